The molecule has 176 valence electrons. The highest BCUT2D eigenvalue weighted by atomic mass is 16.1. The van der Waals surface area contributed by atoms with Gasteiger partial charge >= 0.3 is 0 Å². The molecule has 0 bridgehead atoms. The monoisotopic (exact) mass is 456 g/mol. The molecular weight excluding hydrogens is 424 g/mol. The number of rotatable bonds is 7. The molecule has 1 aliphatic carbocycles. The molecule has 1 aliphatic rings. The summed E-state index contributed by atoms with van der Waals surface area (Å²) < 4.78 is 1.98. The van der Waals surface area contributed by atoms with Crippen LogP contribution in [0.5, 0.6) is 0 Å². The van der Waals surface area contributed by atoms with Gasteiger partial charge in [0.2, 0.25) is 0 Å². The van der Waals surface area contributed by atoms with Gasteiger partial charge in [0.05, 0.1) is 11.6 Å². The maximum Gasteiger partial charge on any atom is 0.253 e. The van der Waals surface area contributed by atoms with Crippen molar-refractivity contribution in [1.82, 2.24) is 30.1 Å². The van der Waals surface area contributed by atoms with Crippen LogP contribution in [0, 0.1) is 13.8 Å². The highest BCUT2D eigenvalue weighted by Gasteiger charge is 2.32. The molecule has 0 amide bonds. The summed E-state index contributed by atoms with van der Waals surface area (Å²) >= 11 is 0. The van der Waals surface area contributed by atoms with Gasteiger partial charge in [-0.2, -0.15) is 0 Å². The first-order valence-corrected chi connectivity index (χ1v) is 12.3. The van der Waals surface area contributed by atoms with E-state index in [2.05, 4.69) is 82.6 Å². The van der Waals surface area contributed by atoms with Crippen LogP contribution in [-0.4, -0.2) is 36.6 Å². The number of H-pyrrole nitrogens is 1. The number of aromatic amines is 1. The number of hydrogen-bond donors (Lipinski definition) is 1. The van der Waals surface area contributed by atoms with Gasteiger partial charge < -0.3 is 4.98 Å². The van der Waals surface area contributed by atoms with E-state index in [1.165, 1.54) is 18.4 Å². The number of benzene rings is 2. The maximum absolute atomic E-state index is 13.6. The Labute approximate surface area is 199 Å². The zero-order chi connectivity index (χ0) is 23.7. The molecule has 2 aromatic carbocycles. The molecular formula is C27H32N6O. The molecule has 0 aliphatic heterocycles. The van der Waals surface area contributed by atoms with E-state index in [4.69, 9.17) is 0 Å². The van der Waals surface area contributed by atoms with Gasteiger partial charge in [-0.25, -0.2) is 4.68 Å². The molecule has 1 fully saturated rings. The minimum atomic E-state index is -0.351. The molecule has 5 rings (SSSR count). The van der Waals surface area contributed by atoms with E-state index >= 15 is 0 Å². The normalized spacial score (nSPS) is 15.4. The summed E-state index contributed by atoms with van der Waals surface area (Å²) in [5, 5.41) is 14.0. The summed E-state index contributed by atoms with van der Waals surface area (Å²) in [4.78, 5) is 19.1. The zero-order valence-corrected chi connectivity index (χ0v) is 20.2. The Kier molecular flexibility index (Phi) is 6.28. The fraction of sp³-hybridized carbons (Fsp3) is 0.407. The van der Waals surface area contributed by atoms with E-state index < -0.39 is 0 Å². The molecule has 1 N–H and O–H groups in total. The Morgan fingerprint density at radius 1 is 1.12 bits per heavy atom. The first kappa shape index (κ1) is 22.5. The largest absolute Gasteiger partial charge is 0.321 e. The molecule has 0 saturated heterocycles. The summed E-state index contributed by atoms with van der Waals surface area (Å²) in [6.07, 6.45) is 4.51. The third-order valence-electron chi connectivity index (χ3n) is 7.31. The van der Waals surface area contributed by atoms with Crippen LogP contribution in [0.3, 0.4) is 0 Å². The van der Waals surface area contributed by atoms with Crippen molar-refractivity contribution >= 4 is 10.9 Å². The fourth-order valence-electron chi connectivity index (χ4n) is 5.24. The number of aromatic nitrogens is 5. The van der Waals surface area contributed by atoms with E-state index in [1.807, 2.05) is 16.8 Å². The number of fused-ring (bicyclic) bond motifs is 1. The van der Waals surface area contributed by atoms with E-state index in [1.54, 1.807) is 0 Å². The molecule has 34 heavy (non-hydrogen) atoms. The second kappa shape index (κ2) is 9.50. The Morgan fingerprint density at radius 2 is 1.88 bits per heavy atom. The SMILES string of the molecule is CCN(Cc1ccccc1)C(c1cc2ccc(C)c(C)c2[nH]c1=O)c1nnnn1C1CCCC1. The number of aryl methyl sites for hydroxylation is 2. The van der Waals surface area contributed by atoms with E-state index in [-0.39, 0.29) is 17.6 Å². The second-order valence-corrected chi connectivity index (χ2v) is 9.40. The van der Waals surface area contributed by atoms with Crippen molar-refractivity contribution in [3.05, 3.63) is 87.0 Å². The molecule has 1 saturated carbocycles. The van der Waals surface area contributed by atoms with E-state index in [0.29, 0.717) is 12.1 Å². The van der Waals surface area contributed by atoms with Crippen LogP contribution < -0.4 is 5.56 Å². The molecule has 2 aromatic heterocycles. The summed E-state index contributed by atoms with van der Waals surface area (Å²) in [5.41, 5.74) is 4.95. The molecule has 4 aromatic rings. The van der Waals surface area contributed by atoms with Crippen LogP contribution >= 0.6 is 0 Å². The minimum absolute atomic E-state index is 0.0846. The summed E-state index contributed by atoms with van der Waals surface area (Å²) in [6, 6.07) is 16.5. The van der Waals surface area contributed by atoms with E-state index in [9.17, 15) is 4.79 Å². The van der Waals surface area contributed by atoms with Gasteiger partial charge in [0.25, 0.3) is 5.56 Å². The quantitative estimate of drug-likeness (QED) is 0.430. The number of pyridine rings is 1. The highest BCUT2D eigenvalue weighted by molar-refractivity contribution is 5.83. The Morgan fingerprint density at radius 3 is 2.62 bits per heavy atom. The van der Waals surface area contributed by atoms with Crippen molar-refractivity contribution in [3.63, 3.8) is 0 Å². The van der Waals surface area contributed by atoms with Gasteiger partial charge in [0.1, 0.15) is 6.04 Å². The lowest BCUT2D eigenvalue weighted by Crippen LogP contribution is -2.35. The lowest BCUT2D eigenvalue weighted by atomic mass is 9.99. The number of tetrazole rings is 1. The molecule has 7 heteroatoms. The Hall–Kier alpha value is -3.32. The second-order valence-electron chi connectivity index (χ2n) is 9.40. The predicted octanol–water partition coefficient (Wildman–Crippen LogP) is 4.86. The van der Waals surface area contributed by atoms with E-state index in [0.717, 1.165) is 47.2 Å². The molecule has 1 unspecified atom stereocenters. The van der Waals surface area contributed by atoms with Crippen LogP contribution in [0.4, 0.5) is 0 Å². The van der Waals surface area contributed by atoms with Crippen LogP contribution in [0.1, 0.15) is 72.8 Å². The van der Waals surface area contributed by atoms with Gasteiger partial charge in [-0.3, -0.25) is 9.69 Å². The summed E-state index contributed by atoms with van der Waals surface area (Å²) in [7, 11) is 0. The lowest BCUT2D eigenvalue weighted by Gasteiger charge is -2.30. The van der Waals surface area contributed by atoms with Gasteiger partial charge in [-0.15, -0.1) is 5.10 Å². The van der Waals surface area contributed by atoms with Crippen molar-refractivity contribution in [2.24, 2.45) is 0 Å². The lowest BCUT2D eigenvalue weighted by molar-refractivity contribution is 0.210. The predicted molar refractivity (Wildman–Crippen MR) is 134 cm³/mol. The third kappa shape index (κ3) is 4.16. The maximum atomic E-state index is 13.6. The van der Waals surface area contributed by atoms with Crippen molar-refractivity contribution in [2.75, 3.05) is 6.54 Å². The highest BCUT2D eigenvalue weighted by Crippen LogP contribution is 2.34. The molecule has 7 nitrogen and oxygen atoms in total. The van der Waals surface area contributed by atoms with Gasteiger partial charge in [-0.1, -0.05) is 62.2 Å². The average molecular weight is 457 g/mol. The minimum Gasteiger partial charge on any atom is -0.321 e. The van der Waals surface area contributed by atoms with Crippen LogP contribution in [0.2, 0.25) is 0 Å². The number of nitrogens with one attached hydrogen (secondary N) is 1. The summed E-state index contributed by atoms with van der Waals surface area (Å²) in [6.45, 7) is 7.70. The van der Waals surface area contributed by atoms with Crippen molar-refractivity contribution in [1.29, 1.82) is 0 Å². The Bertz CT molecular complexity index is 1340. The van der Waals surface area contributed by atoms with Gasteiger partial charge in [0.15, 0.2) is 5.82 Å². The molecule has 1 atom stereocenters. The smallest absolute Gasteiger partial charge is 0.253 e. The van der Waals surface area contributed by atoms with Gasteiger partial charge in [0, 0.05) is 12.1 Å². The average Bonchev–Trinajstić information content (AvgIpc) is 3.55. The first-order valence-electron chi connectivity index (χ1n) is 12.3. The van der Waals surface area contributed by atoms with Crippen molar-refractivity contribution in [3.8, 4) is 0 Å². The van der Waals surface area contributed by atoms with Crippen LogP contribution in [0.25, 0.3) is 10.9 Å². The Balaban J connectivity index is 1.67. The number of nitrogens with zero attached hydrogens (tertiary/aromatic N) is 5. The first-order chi connectivity index (χ1) is 16.6. The standard InChI is InChI=1S/C27H32N6O/c1-4-32(17-20-10-6-5-7-11-20)25(26-29-30-31-33(26)22-12-8-9-13-22)23-16-21-15-14-18(2)19(3)24(21)28-27(23)34/h5-7,10-11,14-16,22,25H,4,8-9,12-13,17H2,1-3H3,(H,28,34). The van der Waals surface area contributed by atoms with Crippen LogP contribution in [-0.2, 0) is 6.54 Å². The fourth-order valence-corrected chi connectivity index (χ4v) is 5.24. The molecule has 0 radical (unpaired) electrons. The summed E-state index contributed by atoms with van der Waals surface area (Å²) in [5.74, 6) is 0.748. The topological polar surface area (TPSA) is 79.7 Å². The zero-order valence-electron chi connectivity index (χ0n) is 20.2. The van der Waals surface area contributed by atoms with Crippen molar-refractivity contribution < 1.29 is 0 Å². The van der Waals surface area contributed by atoms with Crippen molar-refractivity contribution in [2.45, 2.75) is 65.1 Å². The number of hydrogen-bond acceptors (Lipinski definition) is 5. The molecule has 0 spiro atoms. The van der Waals surface area contributed by atoms with Gasteiger partial charge in [-0.05, 0) is 71.8 Å². The third-order valence-corrected chi connectivity index (χ3v) is 7.31. The van der Waals surface area contributed by atoms with Crippen LogP contribution in [0.15, 0.2) is 53.3 Å². The molecule has 2 heterocycles.